The quantitative estimate of drug-likeness (QED) is 0.634. The van der Waals surface area contributed by atoms with E-state index in [0.717, 1.165) is 29.2 Å². The summed E-state index contributed by atoms with van der Waals surface area (Å²) in [4.78, 5) is 26.5. The minimum Gasteiger partial charge on any atom is -0.372 e. The number of piperidine rings is 1. The molecule has 1 fully saturated rings. The van der Waals surface area contributed by atoms with E-state index in [1.54, 1.807) is 18.2 Å². The average molecular weight is 444 g/mol. The molecule has 1 saturated heterocycles. The number of nitrogens with zero attached hydrogens (tertiary/aromatic N) is 2. The van der Waals surface area contributed by atoms with Gasteiger partial charge in [-0.15, -0.1) is 0 Å². The molecule has 0 radical (unpaired) electrons. The van der Waals surface area contributed by atoms with Gasteiger partial charge in [-0.1, -0.05) is 24.3 Å². The van der Waals surface area contributed by atoms with Gasteiger partial charge < -0.3 is 10.2 Å². The lowest BCUT2D eigenvalue weighted by Crippen LogP contribution is -2.40. The molecule has 1 aliphatic rings. The van der Waals surface area contributed by atoms with Crippen LogP contribution in [0.2, 0.25) is 0 Å². The van der Waals surface area contributed by atoms with Crippen molar-refractivity contribution < 1.29 is 18.0 Å². The molecular weight excluding hydrogens is 414 g/mol. The molecule has 0 aliphatic carbocycles. The van der Waals surface area contributed by atoms with Gasteiger partial charge in [0.1, 0.15) is 6.54 Å². The number of anilines is 2. The van der Waals surface area contributed by atoms with Crippen LogP contribution in [0.5, 0.6) is 0 Å². The van der Waals surface area contributed by atoms with Gasteiger partial charge in [-0.25, -0.2) is 8.42 Å². The van der Waals surface area contributed by atoms with Gasteiger partial charge in [0.2, 0.25) is 15.9 Å². The van der Waals surface area contributed by atoms with Crippen LogP contribution in [0, 0.1) is 0 Å². The smallest absolute Gasteiger partial charge is 0.241 e. The number of nitrogens with one attached hydrogen (secondary N) is 1. The van der Waals surface area contributed by atoms with Crippen molar-refractivity contribution in [1.82, 2.24) is 5.32 Å². The second kappa shape index (κ2) is 9.96. The van der Waals surface area contributed by atoms with E-state index in [-0.39, 0.29) is 18.0 Å². The molecule has 3 rings (SSSR count). The number of hydrogen-bond acceptors (Lipinski definition) is 5. The van der Waals surface area contributed by atoms with Crippen LogP contribution < -0.4 is 14.5 Å². The van der Waals surface area contributed by atoms with E-state index in [4.69, 9.17) is 0 Å². The van der Waals surface area contributed by atoms with Crippen LogP contribution in [-0.2, 0) is 21.4 Å². The number of hydrogen-bond donors (Lipinski definition) is 1. The molecule has 166 valence electrons. The van der Waals surface area contributed by atoms with E-state index in [1.807, 2.05) is 12.1 Å². The Kier molecular flexibility index (Phi) is 7.33. The monoisotopic (exact) mass is 443 g/mol. The first kappa shape index (κ1) is 22.8. The van der Waals surface area contributed by atoms with Crippen LogP contribution in [0.25, 0.3) is 0 Å². The average Bonchev–Trinajstić information content (AvgIpc) is 2.76. The van der Waals surface area contributed by atoms with E-state index in [2.05, 4.69) is 22.3 Å². The highest BCUT2D eigenvalue weighted by Crippen LogP contribution is 2.21. The molecule has 7 nitrogen and oxygen atoms in total. The Bertz CT molecular complexity index is 1030. The lowest BCUT2D eigenvalue weighted by molar-refractivity contribution is -0.119. The van der Waals surface area contributed by atoms with Crippen LogP contribution in [0.15, 0.2) is 48.5 Å². The number of sulfonamides is 1. The molecule has 0 unspecified atom stereocenters. The number of rotatable bonds is 8. The molecule has 0 spiro atoms. The maximum Gasteiger partial charge on any atom is 0.241 e. The molecule has 0 aromatic heterocycles. The standard InChI is InChI=1S/C23H29N3O4S/c1-18(27)20-7-6-8-22(15-20)26(31(2,29)30)17-23(28)24-16-19-9-11-21(12-10-19)25-13-4-3-5-14-25/h6-12,15H,3-5,13-14,16-17H2,1-2H3,(H,24,28). The summed E-state index contributed by atoms with van der Waals surface area (Å²) in [6.45, 7) is 3.51. The Balaban J connectivity index is 1.62. The summed E-state index contributed by atoms with van der Waals surface area (Å²) in [7, 11) is -3.70. The Labute approximate surface area is 184 Å². The van der Waals surface area contributed by atoms with Crippen LogP contribution in [0.4, 0.5) is 11.4 Å². The van der Waals surface area contributed by atoms with Gasteiger partial charge in [-0.3, -0.25) is 13.9 Å². The lowest BCUT2D eigenvalue weighted by Gasteiger charge is -2.28. The number of carbonyl (C=O) groups excluding carboxylic acids is 2. The molecule has 1 heterocycles. The van der Waals surface area contributed by atoms with Crippen molar-refractivity contribution in [2.45, 2.75) is 32.7 Å². The van der Waals surface area contributed by atoms with Crippen LogP contribution in [0.3, 0.4) is 0 Å². The van der Waals surface area contributed by atoms with Gasteiger partial charge >= 0.3 is 0 Å². The summed E-state index contributed by atoms with van der Waals surface area (Å²) in [5, 5.41) is 2.78. The fourth-order valence-electron chi connectivity index (χ4n) is 3.64. The molecule has 2 aromatic rings. The lowest BCUT2D eigenvalue weighted by atomic mass is 10.1. The zero-order valence-electron chi connectivity index (χ0n) is 18.0. The second-order valence-electron chi connectivity index (χ2n) is 7.87. The van der Waals surface area contributed by atoms with Gasteiger partial charge in [0.25, 0.3) is 0 Å². The summed E-state index contributed by atoms with van der Waals surface area (Å²) in [5.41, 5.74) is 2.80. The summed E-state index contributed by atoms with van der Waals surface area (Å²) in [6, 6.07) is 14.3. The maximum absolute atomic E-state index is 12.5. The van der Waals surface area contributed by atoms with E-state index in [9.17, 15) is 18.0 Å². The zero-order chi connectivity index (χ0) is 22.4. The van der Waals surface area contributed by atoms with E-state index in [1.165, 1.54) is 37.9 Å². The highest BCUT2D eigenvalue weighted by Gasteiger charge is 2.21. The third-order valence-corrected chi connectivity index (χ3v) is 6.52. The summed E-state index contributed by atoms with van der Waals surface area (Å²) < 4.78 is 25.5. The first-order valence-corrected chi connectivity index (χ1v) is 12.3. The molecule has 31 heavy (non-hydrogen) atoms. The van der Waals surface area contributed by atoms with Crippen molar-refractivity contribution in [2.24, 2.45) is 0 Å². The van der Waals surface area contributed by atoms with Crippen molar-refractivity contribution in [2.75, 3.05) is 35.1 Å². The first-order valence-electron chi connectivity index (χ1n) is 10.4. The SMILES string of the molecule is CC(=O)c1cccc(N(CC(=O)NCc2ccc(N3CCCCC3)cc2)S(C)(=O)=O)c1. The maximum atomic E-state index is 12.5. The minimum absolute atomic E-state index is 0.173. The van der Waals surface area contributed by atoms with Crippen molar-refractivity contribution in [3.8, 4) is 0 Å². The zero-order valence-corrected chi connectivity index (χ0v) is 18.8. The fraction of sp³-hybridized carbons (Fsp3) is 0.391. The number of Topliss-reactive ketones (excluding diaryl/α,β-unsaturated/α-hetero) is 1. The van der Waals surface area contributed by atoms with E-state index < -0.39 is 15.9 Å². The van der Waals surface area contributed by atoms with E-state index >= 15 is 0 Å². The van der Waals surface area contributed by atoms with Crippen molar-refractivity contribution >= 4 is 33.1 Å². The normalized spacial score (nSPS) is 14.2. The van der Waals surface area contributed by atoms with Crippen molar-refractivity contribution in [3.63, 3.8) is 0 Å². The summed E-state index contributed by atoms with van der Waals surface area (Å²) >= 11 is 0. The number of ketones is 1. The van der Waals surface area contributed by atoms with Gasteiger partial charge in [0, 0.05) is 30.9 Å². The minimum atomic E-state index is -3.70. The Hall–Kier alpha value is -2.87. The predicted octanol–water partition coefficient (Wildman–Crippen LogP) is 2.96. The van der Waals surface area contributed by atoms with Crippen LogP contribution in [-0.4, -0.2) is 46.0 Å². The number of amides is 1. The number of carbonyl (C=O) groups is 2. The predicted molar refractivity (Wildman–Crippen MR) is 123 cm³/mol. The Morgan fingerprint density at radius 1 is 1.03 bits per heavy atom. The van der Waals surface area contributed by atoms with E-state index in [0.29, 0.717) is 12.1 Å². The van der Waals surface area contributed by atoms with Gasteiger partial charge in [-0.2, -0.15) is 0 Å². The summed E-state index contributed by atoms with van der Waals surface area (Å²) in [6.07, 6.45) is 4.75. The molecule has 0 saturated carbocycles. The highest BCUT2D eigenvalue weighted by molar-refractivity contribution is 7.92. The Morgan fingerprint density at radius 2 is 1.71 bits per heavy atom. The Morgan fingerprint density at radius 3 is 2.32 bits per heavy atom. The molecule has 2 aromatic carbocycles. The first-order chi connectivity index (χ1) is 14.7. The second-order valence-corrected chi connectivity index (χ2v) is 9.77. The molecule has 1 aliphatic heterocycles. The highest BCUT2D eigenvalue weighted by atomic mass is 32.2. The molecule has 1 amide bonds. The largest absolute Gasteiger partial charge is 0.372 e. The molecule has 1 N–H and O–H groups in total. The molecular formula is C23H29N3O4S. The topological polar surface area (TPSA) is 86.8 Å². The molecule has 0 bridgehead atoms. The number of benzene rings is 2. The van der Waals surface area contributed by atoms with Gasteiger partial charge in [0.05, 0.1) is 11.9 Å². The molecule has 0 atom stereocenters. The molecule has 8 heteroatoms. The van der Waals surface area contributed by atoms with Crippen LogP contribution >= 0.6 is 0 Å². The van der Waals surface area contributed by atoms with Crippen molar-refractivity contribution in [1.29, 1.82) is 0 Å². The third-order valence-electron chi connectivity index (χ3n) is 5.38. The van der Waals surface area contributed by atoms with Crippen molar-refractivity contribution in [3.05, 3.63) is 59.7 Å². The fourth-order valence-corrected chi connectivity index (χ4v) is 4.49. The van der Waals surface area contributed by atoms with Gasteiger partial charge in [-0.05, 0) is 56.0 Å². The third kappa shape index (κ3) is 6.30. The van der Waals surface area contributed by atoms with Gasteiger partial charge in [0.15, 0.2) is 5.78 Å². The van der Waals surface area contributed by atoms with Crippen LogP contribution in [0.1, 0.15) is 42.1 Å². The summed E-state index contributed by atoms with van der Waals surface area (Å²) in [5.74, 6) is -0.591.